The van der Waals surface area contributed by atoms with Crippen LogP contribution in [0.2, 0.25) is 0 Å². The van der Waals surface area contributed by atoms with Crippen molar-refractivity contribution in [2.75, 3.05) is 28.2 Å². The predicted octanol–water partition coefficient (Wildman–Crippen LogP) is 5.63. The number of anilines is 3. The number of amides is 1. The second kappa shape index (κ2) is 8.66. The second-order valence-electron chi connectivity index (χ2n) is 10.5. The largest absolute Gasteiger partial charge is 0.378 e. The molecule has 1 heterocycles. The minimum Gasteiger partial charge on any atom is -0.378 e. The number of hydrogen-bond acceptors (Lipinski definition) is 4. The maximum Gasteiger partial charge on any atom is 0.255 e. The van der Waals surface area contributed by atoms with Gasteiger partial charge in [0.15, 0.2) is 0 Å². The lowest BCUT2D eigenvalue weighted by Gasteiger charge is -2.43. The van der Waals surface area contributed by atoms with Crippen LogP contribution in [0.3, 0.4) is 0 Å². The van der Waals surface area contributed by atoms with Gasteiger partial charge in [-0.05, 0) is 90.5 Å². The van der Waals surface area contributed by atoms with Crippen LogP contribution in [0, 0.1) is 17.8 Å². The van der Waals surface area contributed by atoms with Gasteiger partial charge in [-0.2, -0.15) is 0 Å². The lowest BCUT2D eigenvalue weighted by Crippen LogP contribution is -2.35. The minimum absolute atomic E-state index is 0.193. The number of benzene rings is 3. The van der Waals surface area contributed by atoms with Crippen molar-refractivity contribution < 1.29 is 13.2 Å². The molecular formula is C29H31N3O3S. The summed E-state index contributed by atoms with van der Waals surface area (Å²) in [6.45, 7) is 0. The molecular weight excluding hydrogens is 470 g/mol. The number of rotatable bonds is 5. The van der Waals surface area contributed by atoms with Crippen LogP contribution < -0.4 is 14.9 Å². The molecule has 1 aliphatic heterocycles. The number of fused-ring (bicyclic) bond motifs is 7. The van der Waals surface area contributed by atoms with Crippen LogP contribution >= 0.6 is 0 Å². The number of nitrogens with one attached hydrogen (secondary N) is 2. The summed E-state index contributed by atoms with van der Waals surface area (Å²) in [6, 6.07) is 24.0. The summed E-state index contributed by atoms with van der Waals surface area (Å²) < 4.78 is 25.0. The van der Waals surface area contributed by atoms with Gasteiger partial charge in [0.25, 0.3) is 5.91 Å². The minimum atomic E-state index is -3.39. The van der Waals surface area contributed by atoms with Gasteiger partial charge in [0.05, 0.1) is 18.0 Å². The molecule has 0 saturated heterocycles. The quantitative estimate of drug-likeness (QED) is 0.475. The topological polar surface area (TPSA) is 78.5 Å². The Morgan fingerprint density at radius 3 is 2.53 bits per heavy atom. The Kier molecular flexibility index (Phi) is 5.56. The van der Waals surface area contributed by atoms with E-state index in [1.165, 1.54) is 41.7 Å². The first-order chi connectivity index (χ1) is 17.3. The van der Waals surface area contributed by atoms with Crippen LogP contribution in [-0.2, 0) is 10.0 Å². The molecule has 3 aromatic rings. The molecule has 1 amide bonds. The first-order valence-corrected chi connectivity index (χ1v) is 14.4. The summed E-state index contributed by atoms with van der Waals surface area (Å²) in [5, 5.41) is 6.78. The maximum atomic E-state index is 13.3. The zero-order valence-electron chi connectivity index (χ0n) is 20.5. The van der Waals surface area contributed by atoms with E-state index in [9.17, 15) is 13.2 Å². The van der Waals surface area contributed by atoms with Gasteiger partial charge in [-0.1, -0.05) is 36.4 Å². The second-order valence-corrected chi connectivity index (χ2v) is 12.5. The summed E-state index contributed by atoms with van der Waals surface area (Å²) in [5.41, 5.74) is 5.42. The molecule has 5 atom stereocenters. The summed E-state index contributed by atoms with van der Waals surface area (Å²) in [5.74, 6) is 2.21. The van der Waals surface area contributed by atoms with E-state index in [4.69, 9.17) is 0 Å². The molecule has 6 rings (SSSR count). The lowest BCUT2D eigenvalue weighted by atomic mass is 9.68. The number of sulfonamides is 1. The van der Waals surface area contributed by atoms with Crippen molar-refractivity contribution in [3.63, 3.8) is 0 Å². The molecule has 0 radical (unpaired) electrons. The van der Waals surface area contributed by atoms with Crippen molar-refractivity contribution in [3.05, 3.63) is 89.5 Å². The third kappa shape index (κ3) is 3.95. The number of carbonyl (C=O) groups is 1. The summed E-state index contributed by atoms with van der Waals surface area (Å²) >= 11 is 0. The van der Waals surface area contributed by atoms with Crippen molar-refractivity contribution in [3.8, 4) is 0 Å². The molecule has 3 aromatic carbocycles. The molecule has 2 N–H and O–H groups in total. The summed E-state index contributed by atoms with van der Waals surface area (Å²) in [7, 11) is -1.89. The van der Waals surface area contributed by atoms with Crippen molar-refractivity contribution in [1.82, 2.24) is 0 Å². The van der Waals surface area contributed by atoms with Gasteiger partial charge < -0.3 is 10.6 Å². The fraction of sp³-hybridized carbons (Fsp3) is 0.345. The molecule has 0 spiro atoms. The first-order valence-electron chi connectivity index (χ1n) is 12.6. The Hall–Kier alpha value is -3.32. The molecule has 3 aliphatic rings. The van der Waals surface area contributed by atoms with E-state index in [1.807, 2.05) is 6.07 Å². The van der Waals surface area contributed by atoms with Crippen LogP contribution in [0.25, 0.3) is 0 Å². The number of hydrogen-bond donors (Lipinski definition) is 2. The normalized spacial score (nSPS) is 26.0. The van der Waals surface area contributed by atoms with Crippen molar-refractivity contribution >= 4 is 33.0 Å². The summed E-state index contributed by atoms with van der Waals surface area (Å²) in [4.78, 5) is 13.3. The Balaban J connectivity index is 1.29. The van der Waals surface area contributed by atoms with Gasteiger partial charge in [0.1, 0.15) is 0 Å². The highest BCUT2D eigenvalue weighted by molar-refractivity contribution is 7.92. The van der Waals surface area contributed by atoms with Gasteiger partial charge >= 0.3 is 0 Å². The molecule has 2 aliphatic carbocycles. The number of nitrogens with zero attached hydrogens (tertiary/aromatic N) is 1. The molecule has 7 heteroatoms. The highest BCUT2D eigenvalue weighted by Gasteiger charge is 2.53. The zero-order chi connectivity index (χ0) is 25.0. The molecule has 0 aromatic heterocycles. The van der Waals surface area contributed by atoms with Crippen LogP contribution in [0.4, 0.5) is 17.1 Å². The van der Waals surface area contributed by atoms with Crippen molar-refractivity contribution in [2.45, 2.75) is 31.2 Å². The average molecular weight is 502 g/mol. The first kappa shape index (κ1) is 23.1. The van der Waals surface area contributed by atoms with Gasteiger partial charge in [-0.25, -0.2) is 8.42 Å². The summed E-state index contributed by atoms with van der Waals surface area (Å²) in [6.07, 6.45) is 5.00. The fourth-order valence-electron chi connectivity index (χ4n) is 6.79. The smallest absolute Gasteiger partial charge is 0.255 e. The Morgan fingerprint density at radius 1 is 0.972 bits per heavy atom. The van der Waals surface area contributed by atoms with Crippen molar-refractivity contribution in [2.24, 2.45) is 17.8 Å². The molecule has 2 saturated carbocycles. The monoisotopic (exact) mass is 501 g/mol. The molecule has 6 nitrogen and oxygen atoms in total. The van der Waals surface area contributed by atoms with E-state index in [0.29, 0.717) is 40.7 Å². The number of carbonyl (C=O) groups excluding carboxylic acids is 1. The molecule has 0 unspecified atom stereocenters. The van der Waals surface area contributed by atoms with E-state index >= 15 is 0 Å². The van der Waals surface area contributed by atoms with Gasteiger partial charge in [-0.3, -0.25) is 9.10 Å². The Morgan fingerprint density at radius 2 is 1.75 bits per heavy atom. The van der Waals surface area contributed by atoms with Gasteiger partial charge in [-0.15, -0.1) is 0 Å². The molecule has 2 fully saturated rings. The van der Waals surface area contributed by atoms with E-state index < -0.39 is 10.0 Å². The molecule has 186 valence electrons. The van der Waals surface area contributed by atoms with Gasteiger partial charge in [0.2, 0.25) is 10.0 Å². The van der Waals surface area contributed by atoms with E-state index in [-0.39, 0.29) is 5.91 Å². The van der Waals surface area contributed by atoms with Crippen LogP contribution in [0.15, 0.2) is 72.8 Å². The van der Waals surface area contributed by atoms with Crippen molar-refractivity contribution in [1.29, 1.82) is 0 Å². The highest BCUT2D eigenvalue weighted by Crippen LogP contribution is 2.63. The van der Waals surface area contributed by atoms with E-state index in [2.05, 4.69) is 53.1 Å². The van der Waals surface area contributed by atoms with Crippen LogP contribution in [0.1, 0.15) is 52.7 Å². The third-order valence-electron chi connectivity index (χ3n) is 8.47. The van der Waals surface area contributed by atoms with Gasteiger partial charge in [0, 0.05) is 24.0 Å². The predicted molar refractivity (Wildman–Crippen MR) is 144 cm³/mol. The Labute approximate surface area is 212 Å². The zero-order valence-corrected chi connectivity index (χ0v) is 21.3. The fourth-order valence-corrected chi connectivity index (χ4v) is 7.29. The van der Waals surface area contributed by atoms with Crippen LogP contribution in [0.5, 0.6) is 0 Å². The standard InChI is InChI=1S/C29H31N3O3S/c1-32(36(2,34)35)23-10-6-9-22(17-23)30-29(33)21-13-14-25-24(16-21)26-19-11-12-20(15-19)27(26)28(31-25)18-7-4-3-5-8-18/h3-10,13-14,16-17,19-20,26-28,31H,11-12,15H2,1-2H3,(H,30,33)/t19-,20-,26-,27+,28-/m0/s1. The molecule has 2 bridgehead atoms. The third-order valence-corrected chi connectivity index (χ3v) is 9.68. The Bertz CT molecular complexity index is 1420. The lowest BCUT2D eigenvalue weighted by molar-refractivity contribution is 0.102. The van der Waals surface area contributed by atoms with Crippen LogP contribution in [-0.4, -0.2) is 27.6 Å². The van der Waals surface area contributed by atoms with E-state index in [0.717, 1.165) is 17.9 Å². The average Bonchev–Trinajstić information content (AvgIpc) is 3.50. The maximum absolute atomic E-state index is 13.3. The molecule has 36 heavy (non-hydrogen) atoms. The highest BCUT2D eigenvalue weighted by atomic mass is 32.2. The SMILES string of the molecule is CN(c1cccc(NC(=O)c2ccc3c(c2)[C@@H]2[C@H]4CC[C@@H](C4)[C@H]2[C@H](c2ccccc2)N3)c1)S(C)(=O)=O. The van der Waals surface area contributed by atoms with E-state index in [1.54, 1.807) is 24.3 Å².